The van der Waals surface area contributed by atoms with Gasteiger partial charge in [-0.2, -0.15) is 0 Å². The van der Waals surface area contributed by atoms with Gasteiger partial charge in [0, 0.05) is 30.4 Å². The summed E-state index contributed by atoms with van der Waals surface area (Å²) in [5, 5.41) is 12.6. The maximum absolute atomic E-state index is 12.7. The van der Waals surface area contributed by atoms with Crippen molar-refractivity contribution in [1.82, 2.24) is 25.0 Å². The summed E-state index contributed by atoms with van der Waals surface area (Å²) in [7, 11) is 0. The molecule has 9 heteroatoms. The largest absolute Gasteiger partial charge is 0.472 e. The third-order valence-corrected chi connectivity index (χ3v) is 6.86. The average molecular weight is 488 g/mol. The number of likely N-dealkylation sites (tertiary alicyclic amines) is 1. The maximum atomic E-state index is 12.7. The van der Waals surface area contributed by atoms with E-state index >= 15 is 0 Å². The number of carbonyl (C=O) groups excluding carboxylic acids is 2. The van der Waals surface area contributed by atoms with Crippen molar-refractivity contribution in [2.45, 2.75) is 24.0 Å². The summed E-state index contributed by atoms with van der Waals surface area (Å²) in [6, 6.07) is 21.5. The second-order valence-corrected chi connectivity index (χ2v) is 9.22. The van der Waals surface area contributed by atoms with Crippen LogP contribution in [0.5, 0.6) is 0 Å². The molecule has 0 spiro atoms. The fraction of sp³-hybridized carbons (Fsp3) is 0.231. The van der Waals surface area contributed by atoms with Gasteiger partial charge in [-0.05, 0) is 31.0 Å². The van der Waals surface area contributed by atoms with Crippen LogP contribution in [0.4, 0.5) is 0 Å². The van der Waals surface area contributed by atoms with Gasteiger partial charge in [0.1, 0.15) is 6.26 Å². The zero-order valence-corrected chi connectivity index (χ0v) is 19.9. The molecule has 1 saturated heterocycles. The number of furan rings is 1. The molecule has 0 saturated carbocycles. The molecule has 1 fully saturated rings. The number of carbonyl (C=O) groups is 2. The van der Waals surface area contributed by atoms with Crippen LogP contribution < -0.4 is 5.32 Å². The number of hydrogen-bond donors (Lipinski definition) is 1. The van der Waals surface area contributed by atoms with Gasteiger partial charge in [0.25, 0.3) is 5.91 Å². The van der Waals surface area contributed by atoms with Crippen molar-refractivity contribution >= 4 is 23.6 Å². The quantitative estimate of drug-likeness (QED) is 0.396. The van der Waals surface area contributed by atoms with E-state index in [2.05, 4.69) is 15.5 Å². The predicted octanol–water partition coefficient (Wildman–Crippen LogP) is 4.04. The summed E-state index contributed by atoms with van der Waals surface area (Å²) in [5.41, 5.74) is 2.45. The normalized spacial score (nSPS) is 14.1. The molecule has 4 aromatic rings. The number of aromatic nitrogens is 3. The molecular weight excluding hydrogens is 462 g/mol. The van der Waals surface area contributed by atoms with Gasteiger partial charge in [-0.3, -0.25) is 14.2 Å². The van der Waals surface area contributed by atoms with Gasteiger partial charge in [0.15, 0.2) is 11.0 Å². The number of amides is 2. The van der Waals surface area contributed by atoms with Crippen molar-refractivity contribution in [3.05, 3.63) is 84.8 Å². The topological polar surface area (TPSA) is 93.3 Å². The molecule has 8 nitrogen and oxygen atoms in total. The van der Waals surface area contributed by atoms with Crippen LogP contribution in [0.2, 0.25) is 0 Å². The number of nitrogens with one attached hydrogen (secondary N) is 1. The molecule has 0 atom stereocenters. The molecule has 1 aliphatic heterocycles. The minimum atomic E-state index is -0.0570. The lowest BCUT2D eigenvalue weighted by Crippen LogP contribution is -2.46. The fourth-order valence-corrected chi connectivity index (χ4v) is 4.91. The standard InChI is InChI=1S/C26H25N5O3S/c32-23(27-21-11-14-30(15-12-21)25(33)20-13-16-34-17-20)18-35-26-29-28-24(19-7-3-1-4-8-19)31(26)22-9-5-2-6-10-22/h1-10,13,16-17,21H,11-12,14-15,18H2,(H,27,32). The molecule has 3 heterocycles. The van der Waals surface area contributed by atoms with E-state index in [0.29, 0.717) is 23.8 Å². The number of piperidine rings is 1. The van der Waals surface area contributed by atoms with Crippen molar-refractivity contribution in [2.24, 2.45) is 0 Å². The van der Waals surface area contributed by atoms with Gasteiger partial charge in [-0.25, -0.2) is 0 Å². The average Bonchev–Trinajstić information content (AvgIpc) is 3.59. The van der Waals surface area contributed by atoms with Gasteiger partial charge in [-0.1, -0.05) is 60.3 Å². The summed E-state index contributed by atoms with van der Waals surface area (Å²) in [4.78, 5) is 27.0. The summed E-state index contributed by atoms with van der Waals surface area (Å²) < 4.78 is 6.99. The molecule has 0 aliphatic carbocycles. The first kappa shape index (κ1) is 22.9. The lowest BCUT2D eigenvalue weighted by Gasteiger charge is -2.32. The molecule has 2 aromatic carbocycles. The van der Waals surface area contributed by atoms with Crippen molar-refractivity contribution in [1.29, 1.82) is 0 Å². The molecule has 0 unspecified atom stereocenters. The van der Waals surface area contributed by atoms with E-state index in [9.17, 15) is 9.59 Å². The van der Waals surface area contributed by atoms with E-state index in [1.165, 1.54) is 24.3 Å². The maximum Gasteiger partial charge on any atom is 0.257 e. The highest BCUT2D eigenvalue weighted by atomic mass is 32.2. The Morgan fingerprint density at radius 2 is 1.69 bits per heavy atom. The Morgan fingerprint density at radius 3 is 2.37 bits per heavy atom. The highest BCUT2D eigenvalue weighted by molar-refractivity contribution is 7.99. The third kappa shape index (κ3) is 5.30. The Kier molecular flexibility index (Phi) is 6.94. The second kappa shape index (κ2) is 10.6. The van der Waals surface area contributed by atoms with Crippen LogP contribution in [-0.2, 0) is 4.79 Å². The number of benzene rings is 2. The lowest BCUT2D eigenvalue weighted by molar-refractivity contribution is -0.119. The summed E-state index contributed by atoms with van der Waals surface area (Å²) in [6.07, 6.45) is 4.40. The van der Waals surface area contributed by atoms with Crippen LogP contribution in [0.3, 0.4) is 0 Å². The van der Waals surface area contributed by atoms with Crippen LogP contribution >= 0.6 is 11.8 Å². The lowest BCUT2D eigenvalue weighted by atomic mass is 10.0. The second-order valence-electron chi connectivity index (χ2n) is 8.28. The molecular formula is C26H25N5O3S. The van der Waals surface area contributed by atoms with Gasteiger partial charge >= 0.3 is 0 Å². The molecule has 2 amide bonds. The Morgan fingerprint density at radius 1 is 0.971 bits per heavy atom. The first-order valence-electron chi connectivity index (χ1n) is 11.5. The molecule has 35 heavy (non-hydrogen) atoms. The molecule has 5 rings (SSSR count). The Bertz CT molecular complexity index is 1270. The summed E-state index contributed by atoms with van der Waals surface area (Å²) >= 11 is 1.36. The van der Waals surface area contributed by atoms with E-state index in [4.69, 9.17) is 4.42 Å². The van der Waals surface area contributed by atoms with E-state index in [1.54, 1.807) is 11.0 Å². The minimum absolute atomic E-state index is 0.0337. The Hall–Kier alpha value is -3.85. The first-order valence-corrected chi connectivity index (χ1v) is 12.5. The van der Waals surface area contributed by atoms with E-state index in [1.807, 2.05) is 65.2 Å². The number of rotatable bonds is 7. The highest BCUT2D eigenvalue weighted by Gasteiger charge is 2.25. The van der Waals surface area contributed by atoms with E-state index in [-0.39, 0.29) is 23.6 Å². The first-order chi connectivity index (χ1) is 17.2. The zero-order chi connectivity index (χ0) is 24.0. The zero-order valence-electron chi connectivity index (χ0n) is 19.0. The van der Waals surface area contributed by atoms with E-state index < -0.39 is 0 Å². The third-order valence-electron chi connectivity index (χ3n) is 5.93. The van der Waals surface area contributed by atoms with Crippen LogP contribution in [0, 0.1) is 0 Å². The number of nitrogens with zero attached hydrogens (tertiary/aromatic N) is 4. The minimum Gasteiger partial charge on any atom is -0.472 e. The van der Waals surface area contributed by atoms with Crippen LogP contribution in [-0.4, -0.2) is 56.4 Å². The van der Waals surface area contributed by atoms with Crippen molar-refractivity contribution in [2.75, 3.05) is 18.8 Å². The number of hydrogen-bond acceptors (Lipinski definition) is 6. The number of para-hydroxylation sites is 1. The summed E-state index contributed by atoms with van der Waals surface area (Å²) in [5.74, 6) is 0.870. The molecule has 1 N–H and O–H groups in total. The smallest absolute Gasteiger partial charge is 0.257 e. The van der Waals surface area contributed by atoms with Crippen LogP contribution in [0.25, 0.3) is 17.1 Å². The summed E-state index contributed by atoms with van der Waals surface area (Å²) in [6.45, 7) is 1.20. The molecule has 0 bridgehead atoms. The predicted molar refractivity (Wildman–Crippen MR) is 133 cm³/mol. The van der Waals surface area contributed by atoms with Crippen LogP contribution in [0.15, 0.2) is 88.8 Å². The van der Waals surface area contributed by atoms with Crippen molar-refractivity contribution in [3.8, 4) is 17.1 Å². The van der Waals surface area contributed by atoms with Crippen LogP contribution in [0.1, 0.15) is 23.2 Å². The fourth-order valence-electron chi connectivity index (χ4n) is 4.14. The van der Waals surface area contributed by atoms with Gasteiger partial charge in [0.2, 0.25) is 5.91 Å². The van der Waals surface area contributed by atoms with Crippen molar-refractivity contribution < 1.29 is 14.0 Å². The van der Waals surface area contributed by atoms with Gasteiger partial charge < -0.3 is 14.6 Å². The van der Waals surface area contributed by atoms with Gasteiger partial charge in [-0.15, -0.1) is 10.2 Å². The van der Waals surface area contributed by atoms with Gasteiger partial charge in [0.05, 0.1) is 17.6 Å². The molecule has 1 aliphatic rings. The molecule has 178 valence electrons. The molecule has 2 aromatic heterocycles. The van der Waals surface area contributed by atoms with E-state index in [0.717, 1.165) is 29.9 Å². The Balaban J connectivity index is 1.20. The monoisotopic (exact) mass is 487 g/mol. The SMILES string of the molecule is O=C(CSc1nnc(-c2ccccc2)n1-c1ccccc1)NC1CCN(C(=O)c2ccoc2)CC1. The highest BCUT2D eigenvalue weighted by Crippen LogP contribution is 2.27. The van der Waals surface area contributed by atoms with Crippen molar-refractivity contribution in [3.63, 3.8) is 0 Å². The Labute approximate surface area is 207 Å². The molecule has 0 radical (unpaired) electrons. The number of thioether (sulfide) groups is 1.